The van der Waals surface area contributed by atoms with E-state index in [0.29, 0.717) is 29.7 Å². The molecular weight excluding hydrogens is 418 g/mol. The molecule has 3 atom stereocenters. The average Bonchev–Trinajstić information content (AvgIpc) is 3.35. The minimum atomic E-state index is -0.0363. The van der Waals surface area contributed by atoms with Crippen LogP contribution in [0.1, 0.15) is 48.0 Å². The van der Waals surface area contributed by atoms with E-state index in [1.165, 1.54) is 12.0 Å². The van der Waals surface area contributed by atoms with Gasteiger partial charge in [0.1, 0.15) is 6.61 Å². The van der Waals surface area contributed by atoms with E-state index in [0.717, 1.165) is 38.8 Å². The predicted molar refractivity (Wildman–Crippen MR) is 127 cm³/mol. The highest BCUT2D eigenvalue weighted by molar-refractivity contribution is 5.97. The van der Waals surface area contributed by atoms with E-state index in [1.54, 1.807) is 32.4 Å². The summed E-state index contributed by atoms with van der Waals surface area (Å²) in [6.07, 6.45) is 5.84. The molecule has 0 aromatic heterocycles. The molecule has 2 aromatic rings. The van der Waals surface area contributed by atoms with Gasteiger partial charge < -0.3 is 18.9 Å². The molecule has 0 N–H and O–H groups in total. The number of rotatable bonds is 10. The quantitative estimate of drug-likeness (QED) is 0.494. The number of ketones is 1. The van der Waals surface area contributed by atoms with Crippen LogP contribution in [0, 0.1) is 0 Å². The summed E-state index contributed by atoms with van der Waals surface area (Å²) in [4.78, 5) is 15.3. The molecule has 1 aliphatic heterocycles. The number of likely N-dealkylation sites (tertiary alicyclic amines) is 1. The number of Topliss-reactive ketones (excluding diaryl/α,β-unsaturated/α-hetero) is 1. The van der Waals surface area contributed by atoms with Gasteiger partial charge in [0.25, 0.3) is 0 Å². The zero-order valence-corrected chi connectivity index (χ0v) is 19.7. The molecule has 0 radical (unpaired) electrons. The lowest BCUT2D eigenvalue weighted by Crippen LogP contribution is -2.46. The maximum absolute atomic E-state index is 12.8. The first kappa shape index (κ1) is 23.7. The van der Waals surface area contributed by atoms with Gasteiger partial charge in [-0.3, -0.25) is 9.69 Å². The first-order valence-electron chi connectivity index (χ1n) is 11.9. The van der Waals surface area contributed by atoms with E-state index in [2.05, 4.69) is 17.0 Å². The Morgan fingerprint density at radius 2 is 1.73 bits per heavy atom. The van der Waals surface area contributed by atoms with Crippen molar-refractivity contribution >= 4 is 5.78 Å². The third-order valence-corrected chi connectivity index (χ3v) is 6.78. The van der Waals surface area contributed by atoms with E-state index < -0.39 is 0 Å². The molecule has 1 saturated heterocycles. The number of hydrogen-bond donors (Lipinski definition) is 0. The number of hydrogen-bond acceptors (Lipinski definition) is 6. The van der Waals surface area contributed by atoms with Gasteiger partial charge in [-0.25, -0.2) is 0 Å². The fraction of sp³-hybridized carbons (Fsp3) is 0.519. The fourth-order valence-electron chi connectivity index (χ4n) is 4.94. The molecule has 33 heavy (non-hydrogen) atoms. The monoisotopic (exact) mass is 453 g/mol. The Bertz CT molecular complexity index is 903. The molecule has 1 heterocycles. The molecule has 6 heteroatoms. The van der Waals surface area contributed by atoms with Gasteiger partial charge >= 0.3 is 0 Å². The maximum Gasteiger partial charge on any atom is 0.188 e. The van der Waals surface area contributed by atoms with Crippen molar-refractivity contribution in [1.82, 2.24) is 4.90 Å². The Morgan fingerprint density at radius 3 is 2.52 bits per heavy atom. The van der Waals surface area contributed by atoms with Crippen molar-refractivity contribution in [3.8, 4) is 11.5 Å². The van der Waals surface area contributed by atoms with E-state index in [-0.39, 0.29) is 24.6 Å². The van der Waals surface area contributed by atoms with Gasteiger partial charge in [-0.1, -0.05) is 43.2 Å². The van der Waals surface area contributed by atoms with Crippen LogP contribution in [0.4, 0.5) is 0 Å². The molecule has 1 aliphatic carbocycles. The van der Waals surface area contributed by atoms with E-state index in [1.807, 2.05) is 18.2 Å². The largest absolute Gasteiger partial charge is 0.493 e. The molecule has 0 amide bonds. The van der Waals surface area contributed by atoms with Crippen molar-refractivity contribution in [2.24, 2.45) is 0 Å². The first-order chi connectivity index (χ1) is 16.2. The lowest BCUT2D eigenvalue weighted by molar-refractivity contribution is -0.0301. The highest BCUT2D eigenvalue weighted by Crippen LogP contribution is 2.30. The summed E-state index contributed by atoms with van der Waals surface area (Å²) in [6, 6.07) is 15.9. The lowest BCUT2D eigenvalue weighted by atomic mass is 9.91. The van der Waals surface area contributed by atoms with E-state index in [4.69, 9.17) is 18.9 Å². The summed E-state index contributed by atoms with van der Waals surface area (Å²) in [5.74, 6) is 1.13. The Labute approximate surface area is 196 Å². The summed E-state index contributed by atoms with van der Waals surface area (Å²) < 4.78 is 23.0. The zero-order valence-electron chi connectivity index (χ0n) is 19.7. The van der Waals surface area contributed by atoms with Gasteiger partial charge in [0.2, 0.25) is 0 Å². The molecule has 2 fully saturated rings. The van der Waals surface area contributed by atoms with Crippen LogP contribution in [-0.2, 0) is 16.1 Å². The standard InChI is InChI=1S/C27H35NO5/c1-30-26-13-12-21(16-27(26)31-2)24(29)19-33-25-11-7-6-10-23(25)28-15-14-22(17-28)32-18-20-8-4-3-5-9-20/h3-5,8-9,12-13,16,22-23,25H,6-7,10-11,14-15,17-19H2,1-2H3. The van der Waals surface area contributed by atoms with Crippen molar-refractivity contribution in [2.75, 3.05) is 33.9 Å². The van der Waals surface area contributed by atoms with E-state index in [9.17, 15) is 4.79 Å². The molecule has 2 aromatic carbocycles. The second-order valence-corrected chi connectivity index (χ2v) is 8.90. The van der Waals surface area contributed by atoms with Crippen molar-refractivity contribution in [2.45, 2.75) is 57.0 Å². The second-order valence-electron chi connectivity index (χ2n) is 8.90. The molecule has 4 rings (SSSR count). The molecule has 2 aliphatic rings. The Kier molecular flexibility index (Phi) is 8.37. The zero-order chi connectivity index (χ0) is 23.0. The number of ether oxygens (including phenoxy) is 4. The molecule has 0 bridgehead atoms. The van der Waals surface area contributed by atoms with Crippen LogP contribution in [-0.4, -0.2) is 62.8 Å². The topological polar surface area (TPSA) is 57.2 Å². The normalized spacial score (nSPS) is 23.4. The number of benzene rings is 2. The van der Waals surface area contributed by atoms with Gasteiger partial charge in [-0.05, 0) is 43.0 Å². The van der Waals surface area contributed by atoms with Gasteiger partial charge in [0.15, 0.2) is 17.3 Å². The summed E-state index contributed by atoms with van der Waals surface area (Å²) in [7, 11) is 3.16. The van der Waals surface area contributed by atoms with E-state index >= 15 is 0 Å². The Morgan fingerprint density at radius 1 is 0.939 bits per heavy atom. The summed E-state index contributed by atoms with van der Waals surface area (Å²) in [6.45, 7) is 2.69. The third kappa shape index (κ3) is 6.14. The van der Waals surface area contributed by atoms with Gasteiger partial charge in [0.05, 0.1) is 33.0 Å². The highest BCUT2D eigenvalue weighted by atomic mass is 16.5. The Hall–Kier alpha value is -2.41. The molecule has 178 valence electrons. The number of carbonyl (C=O) groups excluding carboxylic acids is 1. The smallest absolute Gasteiger partial charge is 0.188 e. The minimum absolute atomic E-state index is 0.0363. The van der Waals surface area contributed by atoms with Crippen molar-refractivity contribution in [3.05, 3.63) is 59.7 Å². The fourth-order valence-corrected chi connectivity index (χ4v) is 4.94. The van der Waals surface area contributed by atoms with Crippen LogP contribution >= 0.6 is 0 Å². The minimum Gasteiger partial charge on any atom is -0.493 e. The second kappa shape index (κ2) is 11.6. The maximum atomic E-state index is 12.8. The third-order valence-electron chi connectivity index (χ3n) is 6.78. The van der Waals surface area contributed by atoms with Crippen LogP contribution in [0.3, 0.4) is 0 Å². The molecule has 1 saturated carbocycles. The van der Waals surface area contributed by atoms with Crippen LogP contribution in [0.15, 0.2) is 48.5 Å². The molecule has 6 nitrogen and oxygen atoms in total. The van der Waals surface area contributed by atoms with Crippen molar-refractivity contribution in [1.29, 1.82) is 0 Å². The SMILES string of the molecule is COc1ccc(C(=O)COC2CCCCC2N2CCC(OCc3ccccc3)C2)cc1OC. The van der Waals surface area contributed by atoms with Gasteiger partial charge in [0, 0.05) is 24.7 Å². The molecule has 0 spiro atoms. The van der Waals surface area contributed by atoms with Crippen molar-refractivity contribution in [3.63, 3.8) is 0 Å². The average molecular weight is 454 g/mol. The number of carbonyl (C=O) groups is 1. The Balaban J connectivity index is 1.30. The predicted octanol–water partition coefficient (Wildman–Crippen LogP) is 4.51. The lowest BCUT2D eigenvalue weighted by Gasteiger charge is -2.37. The highest BCUT2D eigenvalue weighted by Gasteiger charge is 2.35. The molecule has 3 unspecified atom stereocenters. The summed E-state index contributed by atoms with van der Waals surface area (Å²) >= 11 is 0. The van der Waals surface area contributed by atoms with Crippen LogP contribution in [0.2, 0.25) is 0 Å². The van der Waals surface area contributed by atoms with Crippen LogP contribution < -0.4 is 9.47 Å². The van der Waals surface area contributed by atoms with Crippen LogP contribution in [0.25, 0.3) is 0 Å². The van der Waals surface area contributed by atoms with Crippen molar-refractivity contribution < 1.29 is 23.7 Å². The number of nitrogens with zero attached hydrogens (tertiary/aromatic N) is 1. The van der Waals surface area contributed by atoms with Gasteiger partial charge in [-0.2, -0.15) is 0 Å². The molecular formula is C27H35NO5. The summed E-state index contributed by atoms with van der Waals surface area (Å²) in [5.41, 5.74) is 1.79. The first-order valence-corrected chi connectivity index (χ1v) is 11.9. The summed E-state index contributed by atoms with van der Waals surface area (Å²) in [5, 5.41) is 0. The van der Waals surface area contributed by atoms with Gasteiger partial charge in [-0.15, -0.1) is 0 Å². The number of methoxy groups -OCH3 is 2. The van der Waals surface area contributed by atoms with Crippen LogP contribution in [0.5, 0.6) is 11.5 Å².